The molecule has 0 spiro atoms. The van der Waals surface area contributed by atoms with Crippen molar-refractivity contribution in [2.45, 2.75) is 0 Å². The first kappa shape index (κ1) is 9.32. The van der Waals surface area contributed by atoms with Crippen molar-refractivity contribution in [2.24, 2.45) is 0 Å². The molecular formula is C9H5IN2O2. The molecule has 0 N–H and O–H groups in total. The fourth-order valence-electron chi connectivity index (χ4n) is 1.30. The van der Waals surface area contributed by atoms with Crippen LogP contribution in [0.3, 0.4) is 0 Å². The molecule has 0 bridgehead atoms. The molecule has 2 aromatic rings. The molecular weight excluding hydrogens is 295 g/mol. The van der Waals surface area contributed by atoms with Crippen molar-refractivity contribution in [3.8, 4) is 0 Å². The van der Waals surface area contributed by atoms with Gasteiger partial charge >= 0.3 is 0 Å². The van der Waals surface area contributed by atoms with E-state index in [4.69, 9.17) is 0 Å². The van der Waals surface area contributed by atoms with Crippen molar-refractivity contribution in [3.63, 3.8) is 0 Å². The van der Waals surface area contributed by atoms with Gasteiger partial charge in [0.05, 0.1) is 19.4 Å². The molecule has 1 heterocycles. The first-order valence-corrected chi connectivity index (χ1v) is 4.95. The van der Waals surface area contributed by atoms with Crippen LogP contribution in [0.15, 0.2) is 30.5 Å². The lowest BCUT2D eigenvalue weighted by Gasteiger charge is -1.99. The summed E-state index contributed by atoms with van der Waals surface area (Å²) in [5.74, 6) is 0. The topological polar surface area (TPSA) is 56.0 Å². The van der Waals surface area contributed by atoms with Gasteiger partial charge < -0.3 is 0 Å². The highest BCUT2D eigenvalue weighted by Gasteiger charge is 2.16. The molecule has 0 aliphatic rings. The number of nitro groups is 1. The van der Waals surface area contributed by atoms with Crippen LogP contribution in [0.5, 0.6) is 0 Å². The third-order valence-electron chi connectivity index (χ3n) is 1.89. The molecule has 0 amide bonds. The number of benzene rings is 1. The van der Waals surface area contributed by atoms with Crippen LogP contribution in [0.1, 0.15) is 0 Å². The molecule has 1 aromatic carbocycles. The normalized spacial score (nSPS) is 10.4. The molecule has 0 saturated heterocycles. The molecule has 0 aliphatic carbocycles. The van der Waals surface area contributed by atoms with Gasteiger partial charge in [-0.2, -0.15) is 0 Å². The van der Waals surface area contributed by atoms with Gasteiger partial charge in [0.2, 0.25) is 0 Å². The summed E-state index contributed by atoms with van der Waals surface area (Å²) < 4.78 is 0.633. The summed E-state index contributed by atoms with van der Waals surface area (Å²) in [6.45, 7) is 0. The van der Waals surface area contributed by atoms with Crippen LogP contribution in [0.25, 0.3) is 10.9 Å². The second-order valence-electron chi connectivity index (χ2n) is 2.72. The number of nitrogens with zero attached hydrogens (tertiary/aromatic N) is 2. The van der Waals surface area contributed by atoms with Gasteiger partial charge in [-0.3, -0.25) is 15.1 Å². The summed E-state index contributed by atoms with van der Waals surface area (Å²) in [5.41, 5.74) is 0.788. The Morgan fingerprint density at radius 3 is 2.86 bits per heavy atom. The zero-order valence-corrected chi connectivity index (χ0v) is 9.13. The highest BCUT2D eigenvalue weighted by molar-refractivity contribution is 14.1. The zero-order valence-electron chi connectivity index (χ0n) is 6.98. The molecule has 0 aliphatic heterocycles. The molecule has 0 saturated carbocycles. The lowest BCUT2D eigenvalue weighted by atomic mass is 10.2. The summed E-state index contributed by atoms with van der Waals surface area (Å²) in [7, 11) is 0. The van der Waals surface area contributed by atoms with Crippen LogP contribution in [0.4, 0.5) is 5.69 Å². The predicted molar refractivity (Wildman–Crippen MR) is 61.1 cm³/mol. The van der Waals surface area contributed by atoms with E-state index in [0.717, 1.165) is 0 Å². The maximum Gasteiger partial charge on any atom is 0.291 e. The molecule has 0 fully saturated rings. The van der Waals surface area contributed by atoms with E-state index in [-0.39, 0.29) is 10.6 Å². The fraction of sp³-hybridized carbons (Fsp3) is 0. The quantitative estimate of drug-likeness (QED) is 0.462. The van der Waals surface area contributed by atoms with Crippen LogP contribution in [-0.4, -0.2) is 9.91 Å². The standard InChI is InChI=1S/C9H5IN2O2/c10-7-3-4-8-6(2-1-5-11-8)9(7)12(13)14/h1-5H. The lowest BCUT2D eigenvalue weighted by Crippen LogP contribution is -1.93. The Morgan fingerprint density at radius 2 is 2.14 bits per heavy atom. The Labute approximate surface area is 93.2 Å². The number of pyridine rings is 1. The van der Waals surface area contributed by atoms with Crippen molar-refractivity contribution in [2.75, 3.05) is 0 Å². The number of halogens is 1. The van der Waals surface area contributed by atoms with Gasteiger partial charge in [-0.15, -0.1) is 0 Å². The van der Waals surface area contributed by atoms with Crippen molar-refractivity contribution in [1.29, 1.82) is 0 Å². The first-order valence-electron chi connectivity index (χ1n) is 3.88. The third-order valence-corrected chi connectivity index (χ3v) is 2.76. The predicted octanol–water partition coefficient (Wildman–Crippen LogP) is 2.75. The van der Waals surface area contributed by atoms with E-state index in [9.17, 15) is 10.1 Å². The summed E-state index contributed by atoms with van der Waals surface area (Å²) in [6.07, 6.45) is 1.62. The molecule has 0 radical (unpaired) electrons. The third kappa shape index (κ3) is 1.43. The minimum absolute atomic E-state index is 0.135. The number of hydrogen-bond donors (Lipinski definition) is 0. The van der Waals surface area contributed by atoms with Gasteiger partial charge in [0, 0.05) is 6.20 Å². The van der Waals surface area contributed by atoms with E-state index in [2.05, 4.69) is 4.98 Å². The van der Waals surface area contributed by atoms with E-state index in [1.807, 2.05) is 22.6 Å². The van der Waals surface area contributed by atoms with Crippen molar-refractivity contribution >= 4 is 39.2 Å². The minimum Gasteiger partial charge on any atom is -0.258 e. The summed E-state index contributed by atoms with van der Waals surface area (Å²) in [5, 5.41) is 11.4. The molecule has 0 unspecified atom stereocenters. The summed E-state index contributed by atoms with van der Waals surface area (Å²) in [4.78, 5) is 14.5. The van der Waals surface area contributed by atoms with Crippen molar-refractivity contribution in [1.82, 2.24) is 4.98 Å². The molecule has 5 heteroatoms. The molecule has 1 aromatic heterocycles. The van der Waals surface area contributed by atoms with Crippen molar-refractivity contribution < 1.29 is 4.92 Å². The minimum atomic E-state index is -0.369. The highest BCUT2D eigenvalue weighted by Crippen LogP contribution is 2.29. The van der Waals surface area contributed by atoms with Gasteiger partial charge in [0.15, 0.2) is 0 Å². The van der Waals surface area contributed by atoms with Crippen LogP contribution in [-0.2, 0) is 0 Å². The number of hydrogen-bond acceptors (Lipinski definition) is 3. The Hall–Kier alpha value is -1.24. The Bertz CT molecular complexity index is 513. The molecule has 2 rings (SSSR count). The Morgan fingerprint density at radius 1 is 1.36 bits per heavy atom. The van der Waals surface area contributed by atoms with Gasteiger partial charge in [-0.1, -0.05) is 0 Å². The van der Waals surface area contributed by atoms with Gasteiger partial charge in [0.25, 0.3) is 5.69 Å². The van der Waals surface area contributed by atoms with Crippen molar-refractivity contribution in [3.05, 3.63) is 44.1 Å². The van der Waals surface area contributed by atoms with Crippen LogP contribution < -0.4 is 0 Å². The van der Waals surface area contributed by atoms with Gasteiger partial charge in [-0.05, 0) is 46.9 Å². The number of rotatable bonds is 1. The average Bonchev–Trinajstić information content (AvgIpc) is 2.17. The average molecular weight is 300 g/mol. The molecule has 70 valence electrons. The van der Waals surface area contributed by atoms with Crippen LogP contribution in [0.2, 0.25) is 0 Å². The van der Waals surface area contributed by atoms with Gasteiger partial charge in [-0.25, -0.2) is 0 Å². The Kier molecular flexibility index (Phi) is 2.32. The zero-order chi connectivity index (χ0) is 10.1. The smallest absolute Gasteiger partial charge is 0.258 e. The molecule has 14 heavy (non-hydrogen) atoms. The summed E-state index contributed by atoms with van der Waals surface area (Å²) in [6, 6.07) is 6.90. The Balaban J connectivity index is 2.90. The molecule has 0 atom stereocenters. The van der Waals surface area contributed by atoms with E-state index < -0.39 is 0 Å². The lowest BCUT2D eigenvalue weighted by molar-refractivity contribution is -0.384. The van der Waals surface area contributed by atoms with Gasteiger partial charge in [0.1, 0.15) is 0 Å². The fourth-order valence-corrected chi connectivity index (χ4v) is 1.96. The number of nitro benzene ring substituents is 1. The monoisotopic (exact) mass is 300 g/mol. The van der Waals surface area contributed by atoms with E-state index in [0.29, 0.717) is 14.5 Å². The maximum atomic E-state index is 10.8. The SMILES string of the molecule is O=[N+]([O-])c1c(I)ccc2ncccc12. The van der Waals surface area contributed by atoms with Crippen LogP contribution in [0, 0.1) is 13.7 Å². The van der Waals surface area contributed by atoms with Crippen LogP contribution >= 0.6 is 22.6 Å². The second-order valence-corrected chi connectivity index (χ2v) is 3.89. The largest absolute Gasteiger partial charge is 0.291 e. The number of aromatic nitrogens is 1. The first-order chi connectivity index (χ1) is 6.70. The number of fused-ring (bicyclic) bond motifs is 1. The summed E-state index contributed by atoms with van der Waals surface area (Å²) >= 11 is 1.95. The van der Waals surface area contributed by atoms with E-state index >= 15 is 0 Å². The highest BCUT2D eigenvalue weighted by atomic mass is 127. The maximum absolute atomic E-state index is 10.8. The second kappa shape index (κ2) is 3.49. The van der Waals surface area contributed by atoms with E-state index in [1.165, 1.54) is 0 Å². The molecule has 4 nitrogen and oxygen atoms in total. The van der Waals surface area contributed by atoms with E-state index in [1.54, 1.807) is 30.5 Å².